The quantitative estimate of drug-likeness (QED) is 0.0267. The van der Waals surface area contributed by atoms with Crippen molar-refractivity contribution in [2.45, 2.75) is 225 Å². The number of hydrogen-bond donors (Lipinski definition) is 2. The van der Waals surface area contributed by atoms with Gasteiger partial charge in [0.1, 0.15) is 6.61 Å². The highest BCUT2D eigenvalue weighted by molar-refractivity contribution is 7.47. The van der Waals surface area contributed by atoms with Crippen LogP contribution in [0.15, 0.2) is 48.6 Å². The number of ether oxygens (including phenoxy) is 2. The van der Waals surface area contributed by atoms with E-state index in [1.165, 1.54) is 116 Å². The lowest BCUT2D eigenvalue weighted by Gasteiger charge is -2.20. The second-order valence-electron chi connectivity index (χ2n) is 16.3. The van der Waals surface area contributed by atoms with Gasteiger partial charge in [0, 0.05) is 19.4 Å². The highest BCUT2D eigenvalue weighted by atomic mass is 31.2. The van der Waals surface area contributed by atoms with Gasteiger partial charge in [-0.05, 0) is 58.4 Å². The van der Waals surface area contributed by atoms with Gasteiger partial charge in [-0.2, -0.15) is 0 Å². The maximum atomic E-state index is 12.7. The number of esters is 2. The summed E-state index contributed by atoms with van der Waals surface area (Å²) in [7, 11) is -2.66. The molecule has 0 aromatic carbocycles. The minimum atomic E-state index is -4.36. The van der Waals surface area contributed by atoms with Crippen LogP contribution in [-0.2, 0) is 32.7 Å². The molecule has 0 fully saturated rings. The van der Waals surface area contributed by atoms with Crippen LogP contribution in [0, 0.1) is 0 Å². The van der Waals surface area contributed by atoms with E-state index in [1.54, 1.807) is 7.05 Å². The standard InChI is InChI=1S/C50H92NO8P/c1-4-6-8-10-12-14-16-18-20-22-23-24-25-27-29-31-33-35-37-39-41-43-50(53)59-48(47-58-60(54,55)57-45-44-51-3)46-56-49(52)42-40-38-36-34-32-30-28-26-21-19-17-15-13-11-9-7-5-2/h7,9,13,15,19,21,28,30,48,51H,4-6,8,10-12,14,16-18,20,22-27,29,31-47H2,1-3H3,(H,54,55)/b9-7-,15-13-,21-19-,30-28-. The molecule has 0 amide bonds. The second-order valence-corrected chi connectivity index (χ2v) is 17.7. The maximum Gasteiger partial charge on any atom is 0.472 e. The number of hydrogen-bond acceptors (Lipinski definition) is 8. The van der Waals surface area contributed by atoms with Gasteiger partial charge in [-0.3, -0.25) is 18.6 Å². The Hall–Kier alpha value is -2.03. The van der Waals surface area contributed by atoms with Crippen LogP contribution < -0.4 is 5.32 Å². The number of carbonyl (C=O) groups is 2. The first-order valence-corrected chi connectivity index (χ1v) is 26.1. The Bertz CT molecular complexity index is 1120. The van der Waals surface area contributed by atoms with Crippen LogP contribution in [-0.4, -0.2) is 56.3 Å². The number of nitrogens with one attached hydrogen (secondary N) is 1. The normalized spacial score (nSPS) is 13.6. The summed E-state index contributed by atoms with van der Waals surface area (Å²) in [4.78, 5) is 35.2. The SMILES string of the molecule is CC/C=C\C/C=C\C/C=C\C/C=C\CCCCCCC(=O)OCC(COP(=O)(O)OCCNC)OC(=O)CCCCCCCCCCCCCCCCCCCCCCC. The number of phosphoric ester groups is 1. The average Bonchev–Trinajstić information content (AvgIpc) is 3.23. The van der Waals surface area contributed by atoms with Gasteiger partial charge < -0.3 is 19.7 Å². The Morgan fingerprint density at radius 3 is 1.42 bits per heavy atom. The van der Waals surface area contributed by atoms with Crippen molar-refractivity contribution in [1.29, 1.82) is 0 Å². The molecule has 10 heteroatoms. The number of likely N-dealkylation sites (N-methyl/N-ethyl adjacent to an activating group) is 1. The zero-order valence-corrected chi connectivity index (χ0v) is 39.8. The summed E-state index contributed by atoms with van der Waals surface area (Å²) in [6.07, 6.45) is 53.0. The van der Waals surface area contributed by atoms with Crippen molar-refractivity contribution >= 4 is 19.8 Å². The van der Waals surface area contributed by atoms with E-state index in [-0.39, 0.29) is 26.1 Å². The largest absolute Gasteiger partial charge is 0.472 e. The predicted octanol–water partition coefficient (Wildman–Crippen LogP) is 14.5. The van der Waals surface area contributed by atoms with Crippen molar-refractivity contribution < 1.29 is 37.6 Å². The third-order valence-electron chi connectivity index (χ3n) is 10.5. The van der Waals surface area contributed by atoms with E-state index in [4.69, 9.17) is 18.5 Å². The molecule has 0 aliphatic rings. The van der Waals surface area contributed by atoms with E-state index in [0.29, 0.717) is 19.4 Å². The molecule has 2 N–H and O–H groups in total. The lowest BCUT2D eigenvalue weighted by molar-refractivity contribution is -0.161. The highest BCUT2D eigenvalue weighted by Crippen LogP contribution is 2.43. The summed E-state index contributed by atoms with van der Waals surface area (Å²) < 4.78 is 33.3. The van der Waals surface area contributed by atoms with Gasteiger partial charge in [0.25, 0.3) is 0 Å². The lowest BCUT2D eigenvalue weighted by Crippen LogP contribution is -2.29. The molecular formula is C50H92NO8P. The number of rotatable bonds is 46. The van der Waals surface area contributed by atoms with E-state index in [1.807, 2.05) is 0 Å². The van der Waals surface area contributed by atoms with Crippen molar-refractivity contribution in [3.63, 3.8) is 0 Å². The summed E-state index contributed by atoms with van der Waals surface area (Å²) in [6.45, 7) is 4.11. The van der Waals surface area contributed by atoms with Crippen molar-refractivity contribution in [2.24, 2.45) is 0 Å². The van der Waals surface area contributed by atoms with E-state index < -0.39 is 32.5 Å². The van der Waals surface area contributed by atoms with Crippen LogP contribution in [0.5, 0.6) is 0 Å². The first kappa shape index (κ1) is 58.0. The van der Waals surface area contributed by atoms with Gasteiger partial charge in [0.05, 0.1) is 13.2 Å². The van der Waals surface area contributed by atoms with Crippen LogP contribution in [0.4, 0.5) is 0 Å². The van der Waals surface area contributed by atoms with Gasteiger partial charge in [-0.1, -0.05) is 204 Å². The molecule has 350 valence electrons. The van der Waals surface area contributed by atoms with Gasteiger partial charge in [0.2, 0.25) is 0 Å². The van der Waals surface area contributed by atoms with Crippen LogP contribution in [0.2, 0.25) is 0 Å². The minimum Gasteiger partial charge on any atom is -0.462 e. The Balaban J connectivity index is 4.15. The molecule has 2 atom stereocenters. The van der Waals surface area contributed by atoms with Crippen molar-refractivity contribution in [2.75, 3.05) is 33.4 Å². The van der Waals surface area contributed by atoms with Gasteiger partial charge in [-0.15, -0.1) is 0 Å². The third kappa shape index (κ3) is 45.5. The topological polar surface area (TPSA) is 120 Å². The molecule has 0 spiro atoms. The van der Waals surface area contributed by atoms with Crippen molar-refractivity contribution in [1.82, 2.24) is 5.32 Å². The summed E-state index contributed by atoms with van der Waals surface area (Å²) in [5.41, 5.74) is 0. The molecule has 0 aliphatic carbocycles. The average molecular weight is 866 g/mol. The highest BCUT2D eigenvalue weighted by Gasteiger charge is 2.26. The molecule has 0 rings (SSSR count). The number of phosphoric acid groups is 1. The molecule has 9 nitrogen and oxygen atoms in total. The molecule has 0 radical (unpaired) electrons. The fraction of sp³-hybridized carbons (Fsp3) is 0.800. The number of carbonyl (C=O) groups excluding carboxylic acids is 2. The van der Waals surface area contributed by atoms with E-state index >= 15 is 0 Å². The lowest BCUT2D eigenvalue weighted by atomic mass is 10.0. The summed E-state index contributed by atoms with van der Waals surface area (Å²) >= 11 is 0. The molecule has 0 saturated carbocycles. The molecule has 2 unspecified atom stereocenters. The zero-order valence-electron chi connectivity index (χ0n) is 38.9. The molecule has 0 heterocycles. The van der Waals surface area contributed by atoms with Gasteiger partial charge in [0.15, 0.2) is 6.10 Å². The van der Waals surface area contributed by atoms with E-state index in [2.05, 4.69) is 67.8 Å². The van der Waals surface area contributed by atoms with Crippen LogP contribution in [0.1, 0.15) is 219 Å². The maximum absolute atomic E-state index is 12.7. The molecule has 60 heavy (non-hydrogen) atoms. The molecule has 0 aromatic rings. The fourth-order valence-electron chi connectivity index (χ4n) is 6.78. The Kier molecular flexibility index (Phi) is 44.9. The van der Waals surface area contributed by atoms with E-state index in [9.17, 15) is 19.0 Å². The number of allylic oxidation sites excluding steroid dienone is 8. The molecule has 0 aromatic heterocycles. The van der Waals surface area contributed by atoms with Crippen molar-refractivity contribution in [3.8, 4) is 0 Å². The zero-order chi connectivity index (χ0) is 43.9. The Labute approximate surface area is 369 Å². The summed E-state index contributed by atoms with van der Waals surface area (Å²) in [6, 6.07) is 0. The summed E-state index contributed by atoms with van der Waals surface area (Å²) in [5, 5.41) is 2.83. The van der Waals surface area contributed by atoms with Gasteiger partial charge in [-0.25, -0.2) is 4.57 Å². The van der Waals surface area contributed by atoms with Crippen LogP contribution in [0.3, 0.4) is 0 Å². The molecule has 0 aliphatic heterocycles. The molecule has 0 saturated heterocycles. The van der Waals surface area contributed by atoms with Crippen LogP contribution in [0.25, 0.3) is 0 Å². The second kappa shape index (κ2) is 46.5. The van der Waals surface area contributed by atoms with Crippen molar-refractivity contribution in [3.05, 3.63) is 48.6 Å². The summed E-state index contributed by atoms with van der Waals surface area (Å²) in [5.74, 6) is -0.827. The Morgan fingerprint density at radius 2 is 0.950 bits per heavy atom. The molecule has 0 bridgehead atoms. The third-order valence-corrected chi connectivity index (χ3v) is 11.4. The number of unbranched alkanes of at least 4 members (excludes halogenated alkanes) is 24. The first-order valence-electron chi connectivity index (χ1n) is 24.6. The first-order chi connectivity index (χ1) is 29.3. The monoisotopic (exact) mass is 866 g/mol. The smallest absolute Gasteiger partial charge is 0.462 e. The Morgan fingerprint density at radius 1 is 0.533 bits per heavy atom. The van der Waals surface area contributed by atoms with Crippen LogP contribution >= 0.6 is 7.82 Å². The van der Waals surface area contributed by atoms with E-state index in [0.717, 1.165) is 64.2 Å². The fourth-order valence-corrected chi connectivity index (χ4v) is 7.53. The van der Waals surface area contributed by atoms with Gasteiger partial charge >= 0.3 is 19.8 Å². The molecular weight excluding hydrogens is 774 g/mol. The predicted molar refractivity (Wildman–Crippen MR) is 252 cm³/mol. The minimum absolute atomic E-state index is 0.0212.